The predicted octanol–water partition coefficient (Wildman–Crippen LogP) is 25.0. The molecule has 0 spiro atoms. The highest BCUT2D eigenvalue weighted by Gasteiger charge is 2.23. The van der Waals surface area contributed by atoms with Crippen LogP contribution < -0.4 is 5.46 Å². The topological polar surface area (TPSA) is 40.5 Å². The van der Waals surface area contributed by atoms with Crippen molar-refractivity contribution < 1.29 is 10.0 Å². The molecular formula is C92H63BBr2O2. The zero-order valence-electron chi connectivity index (χ0n) is 52.9. The van der Waals surface area contributed by atoms with Crippen molar-refractivity contribution in [3.05, 3.63) is 379 Å². The standard InChI is InChI=1S/C54H36.C22H14Br2.C16H13BO2/c1-5-17-37(18-6-1)41-29-31-47(45-27-15-13-25-43(41)45)49-33-35-52-51(53(49)39-21-9-3-10-22-39)36-34-50(54(52)40-23-11-4-12-24-40)48-32-30-42(38-19-7-2-8-20-38)44-26-14-16-28-46(44)48;23-19-13-12-18-17(21(19)15-7-3-1-4-8-15)11-14-20(24)22(18)16-9-5-2-6-10-16;18-17(19)16-11-10-13(12-6-2-1-3-7-12)14-8-4-5-9-15(14)16/h1-36H;1-14H;1-11,18-19H. The Morgan fingerprint density at radius 2 is 0.381 bits per heavy atom. The van der Waals surface area contributed by atoms with Crippen LogP contribution in [0, 0.1) is 0 Å². The number of fused-ring (bicyclic) bond motifs is 5. The van der Waals surface area contributed by atoms with Crippen molar-refractivity contribution in [2.45, 2.75) is 0 Å². The lowest BCUT2D eigenvalue weighted by atomic mass is 9.76. The molecule has 17 aromatic carbocycles. The van der Waals surface area contributed by atoms with Gasteiger partial charge in [0.05, 0.1) is 0 Å². The number of hydrogen-bond acceptors (Lipinski definition) is 2. The number of benzene rings is 17. The van der Waals surface area contributed by atoms with Crippen molar-refractivity contribution in [1.82, 2.24) is 0 Å². The lowest BCUT2D eigenvalue weighted by molar-refractivity contribution is 0.426. The number of hydrogen-bond donors (Lipinski definition) is 2. The van der Waals surface area contributed by atoms with E-state index in [0.29, 0.717) is 5.46 Å². The van der Waals surface area contributed by atoms with Gasteiger partial charge in [-0.25, -0.2) is 0 Å². The Balaban J connectivity index is 0.000000146. The van der Waals surface area contributed by atoms with Crippen LogP contribution in [0.1, 0.15) is 0 Å². The monoisotopic (exact) mass is 1370 g/mol. The quantitative estimate of drug-likeness (QED) is 0.134. The molecule has 460 valence electrons. The third-order valence-electron chi connectivity index (χ3n) is 18.5. The van der Waals surface area contributed by atoms with Crippen LogP contribution in [-0.2, 0) is 0 Å². The van der Waals surface area contributed by atoms with E-state index in [1.54, 1.807) is 6.07 Å². The molecule has 2 N–H and O–H groups in total. The molecule has 0 saturated carbocycles. The summed E-state index contributed by atoms with van der Waals surface area (Å²) in [6, 6.07) is 131. The summed E-state index contributed by atoms with van der Waals surface area (Å²) in [6.07, 6.45) is 0. The van der Waals surface area contributed by atoms with E-state index >= 15 is 0 Å². The van der Waals surface area contributed by atoms with Gasteiger partial charge in [-0.05, 0) is 160 Å². The Morgan fingerprint density at radius 3 is 0.701 bits per heavy atom. The number of rotatable bonds is 10. The summed E-state index contributed by atoms with van der Waals surface area (Å²) in [7, 11) is -1.45. The first-order valence-electron chi connectivity index (χ1n) is 32.7. The molecule has 0 bridgehead atoms. The fourth-order valence-corrected chi connectivity index (χ4v) is 15.2. The van der Waals surface area contributed by atoms with Crippen LogP contribution in [0.3, 0.4) is 0 Å². The van der Waals surface area contributed by atoms with Crippen LogP contribution in [0.15, 0.2) is 379 Å². The summed E-state index contributed by atoms with van der Waals surface area (Å²) in [5.41, 5.74) is 22.5. The van der Waals surface area contributed by atoms with Gasteiger partial charge in [0.2, 0.25) is 0 Å². The fourth-order valence-electron chi connectivity index (χ4n) is 14.1. The van der Waals surface area contributed by atoms with Gasteiger partial charge in [-0.1, -0.05) is 390 Å². The van der Waals surface area contributed by atoms with E-state index < -0.39 is 7.12 Å². The second kappa shape index (κ2) is 28.1. The van der Waals surface area contributed by atoms with Crippen molar-refractivity contribution in [2.75, 3.05) is 0 Å². The first-order valence-corrected chi connectivity index (χ1v) is 34.3. The van der Waals surface area contributed by atoms with E-state index in [1.807, 2.05) is 48.5 Å². The Morgan fingerprint density at radius 1 is 0.165 bits per heavy atom. The minimum Gasteiger partial charge on any atom is -0.423 e. The van der Waals surface area contributed by atoms with Gasteiger partial charge in [-0.15, -0.1) is 0 Å². The molecule has 0 atom stereocenters. The highest BCUT2D eigenvalue weighted by Crippen LogP contribution is 2.49. The zero-order valence-corrected chi connectivity index (χ0v) is 56.1. The van der Waals surface area contributed by atoms with Gasteiger partial charge in [-0.2, -0.15) is 0 Å². The summed E-state index contributed by atoms with van der Waals surface area (Å²) < 4.78 is 2.23. The number of halogens is 2. The molecule has 0 aliphatic rings. The molecule has 17 rings (SSSR count). The average Bonchev–Trinajstić information content (AvgIpc) is 0.740. The predicted molar refractivity (Wildman–Crippen MR) is 421 cm³/mol. The van der Waals surface area contributed by atoms with Crippen LogP contribution in [-0.4, -0.2) is 17.2 Å². The highest BCUT2D eigenvalue weighted by atomic mass is 79.9. The molecule has 0 aliphatic carbocycles. The second-order valence-electron chi connectivity index (χ2n) is 24.1. The van der Waals surface area contributed by atoms with Gasteiger partial charge in [0.1, 0.15) is 0 Å². The fraction of sp³-hybridized carbons (Fsp3) is 0. The maximum Gasteiger partial charge on any atom is 0.489 e. The molecular weight excluding hydrogens is 1310 g/mol. The molecule has 5 heteroatoms. The van der Waals surface area contributed by atoms with E-state index in [2.05, 4.69) is 347 Å². The molecule has 17 aromatic rings. The molecule has 0 heterocycles. The van der Waals surface area contributed by atoms with Crippen molar-refractivity contribution >= 4 is 98.3 Å². The van der Waals surface area contributed by atoms with Crippen LogP contribution in [0.5, 0.6) is 0 Å². The Labute approximate surface area is 583 Å². The van der Waals surface area contributed by atoms with Gasteiger partial charge in [-0.3, -0.25) is 0 Å². The van der Waals surface area contributed by atoms with E-state index in [4.69, 9.17) is 0 Å². The largest absolute Gasteiger partial charge is 0.489 e. The minimum absolute atomic E-state index is 0.537. The summed E-state index contributed by atoms with van der Waals surface area (Å²) in [5, 5.41) is 30.8. The SMILES string of the molecule is Brc1ccc2c(-c3ccccc3)c(Br)ccc2c1-c1ccccc1.OB(O)c1ccc(-c2ccccc2)c2ccccc12.c1ccc(-c2ccc(-c3ccc4c(-c5ccccc5)c(-c5ccc(-c6ccccc6)c6ccccc56)ccc4c3-c3ccccc3)c3ccccc23)cc1. The van der Waals surface area contributed by atoms with Gasteiger partial charge in [0, 0.05) is 20.1 Å². The normalized spacial score (nSPS) is 11.1. The molecule has 97 heavy (non-hydrogen) atoms. The smallest absolute Gasteiger partial charge is 0.423 e. The first-order chi connectivity index (χ1) is 47.9. The Bertz CT molecular complexity index is 5370. The molecule has 2 nitrogen and oxygen atoms in total. The molecule has 0 fully saturated rings. The van der Waals surface area contributed by atoms with E-state index in [0.717, 1.165) is 30.8 Å². The highest BCUT2D eigenvalue weighted by molar-refractivity contribution is 9.11. The average molecular weight is 1370 g/mol. The van der Waals surface area contributed by atoms with Crippen LogP contribution in [0.4, 0.5) is 0 Å². The molecule has 0 aliphatic heterocycles. The van der Waals surface area contributed by atoms with E-state index in [9.17, 15) is 10.0 Å². The Hall–Kier alpha value is -11.0. The van der Waals surface area contributed by atoms with Crippen molar-refractivity contribution in [3.8, 4) is 100 Å². The summed E-state index contributed by atoms with van der Waals surface area (Å²) in [6.45, 7) is 0. The zero-order chi connectivity index (χ0) is 65.6. The third kappa shape index (κ3) is 12.4. The maximum absolute atomic E-state index is 9.44. The van der Waals surface area contributed by atoms with Crippen molar-refractivity contribution in [1.29, 1.82) is 0 Å². The first kappa shape index (κ1) is 62.1. The van der Waals surface area contributed by atoms with E-state index in [1.165, 1.54) is 132 Å². The molecule has 0 amide bonds. The van der Waals surface area contributed by atoms with Crippen LogP contribution in [0.2, 0.25) is 0 Å². The Kier molecular flexibility index (Phi) is 18.0. The second-order valence-corrected chi connectivity index (χ2v) is 25.8. The summed E-state index contributed by atoms with van der Waals surface area (Å²) in [5.74, 6) is 0. The van der Waals surface area contributed by atoms with Gasteiger partial charge < -0.3 is 10.0 Å². The molecule has 0 aromatic heterocycles. The van der Waals surface area contributed by atoms with Gasteiger partial charge in [0.25, 0.3) is 0 Å². The molecule has 0 saturated heterocycles. The summed E-state index contributed by atoms with van der Waals surface area (Å²) >= 11 is 7.48. The van der Waals surface area contributed by atoms with Gasteiger partial charge in [0.15, 0.2) is 0 Å². The lowest BCUT2D eigenvalue weighted by Gasteiger charge is -2.21. The van der Waals surface area contributed by atoms with Gasteiger partial charge >= 0.3 is 7.12 Å². The van der Waals surface area contributed by atoms with Crippen molar-refractivity contribution in [2.24, 2.45) is 0 Å². The van der Waals surface area contributed by atoms with Crippen LogP contribution >= 0.6 is 31.9 Å². The maximum atomic E-state index is 9.44. The molecule has 0 unspecified atom stereocenters. The van der Waals surface area contributed by atoms with Crippen molar-refractivity contribution in [3.63, 3.8) is 0 Å². The van der Waals surface area contributed by atoms with Crippen LogP contribution in [0.25, 0.3) is 154 Å². The van der Waals surface area contributed by atoms with E-state index in [-0.39, 0.29) is 0 Å². The summed E-state index contributed by atoms with van der Waals surface area (Å²) in [4.78, 5) is 0. The minimum atomic E-state index is -1.45. The molecule has 0 radical (unpaired) electrons. The third-order valence-corrected chi connectivity index (χ3v) is 19.8. The lowest BCUT2D eigenvalue weighted by Crippen LogP contribution is -2.30.